The summed E-state index contributed by atoms with van der Waals surface area (Å²) in [5.74, 6) is 0.0300. The fraction of sp³-hybridized carbons (Fsp3) is 0.0909. The Labute approximate surface area is 174 Å². The van der Waals surface area contributed by atoms with Gasteiger partial charge in [-0.05, 0) is 54.1 Å². The van der Waals surface area contributed by atoms with Crippen molar-refractivity contribution in [2.45, 2.75) is 12.6 Å². The van der Waals surface area contributed by atoms with E-state index >= 15 is 0 Å². The van der Waals surface area contributed by atoms with Gasteiger partial charge in [0.25, 0.3) is 0 Å². The predicted octanol–water partition coefficient (Wildman–Crippen LogP) is 6.35. The molecule has 1 N–H and O–H groups in total. The average molecular weight is 431 g/mol. The van der Waals surface area contributed by atoms with E-state index < -0.39 is 11.7 Å². The van der Waals surface area contributed by atoms with Crippen LogP contribution in [0.25, 0.3) is 22.6 Å². The molecule has 8 heteroatoms. The van der Waals surface area contributed by atoms with Crippen molar-refractivity contribution in [2.24, 2.45) is 0 Å². The van der Waals surface area contributed by atoms with E-state index in [1.165, 1.54) is 12.1 Å². The molecule has 4 aromatic rings. The molecule has 0 fully saturated rings. The van der Waals surface area contributed by atoms with Crippen molar-refractivity contribution in [3.63, 3.8) is 0 Å². The lowest BCUT2D eigenvalue weighted by atomic mass is 10.1. The predicted molar refractivity (Wildman–Crippen MR) is 108 cm³/mol. The third-order valence-corrected chi connectivity index (χ3v) is 4.62. The summed E-state index contributed by atoms with van der Waals surface area (Å²) in [5.41, 5.74) is 2.12. The summed E-state index contributed by atoms with van der Waals surface area (Å²) in [4.78, 5) is 16.7. The van der Waals surface area contributed by atoms with Crippen LogP contribution < -0.4 is 5.32 Å². The van der Waals surface area contributed by atoms with Crippen molar-refractivity contribution < 1.29 is 22.4 Å². The maximum atomic E-state index is 12.6. The van der Waals surface area contributed by atoms with E-state index in [1.807, 2.05) is 0 Å². The summed E-state index contributed by atoms with van der Waals surface area (Å²) in [6, 6.07) is 16.6. The molecule has 1 heterocycles. The molecule has 0 bridgehead atoms. The van der Waals surface area contributed by atoms with Crippen LogP contribution in [-0.4, -0.2) is 10.9 Å². The average Bonchev–Trinajstić information content (AvgIpc) is 3.11. The van der Waals surface area contributed by atoms with Crippen LogP contribution >= 0.6 is 11.6 Å². The van der Waals surface area contributed by atoms with Crippen LogP contribution in [0.3, 0.4) is 0 Å². The molecule has 0 radical (unpaired) electrons. The summed E-state index contributed by atoms with van der Waals surface area (Å²) < 4.78 is 43.6. The van der Waals surface area contributed by atoms with Gasteiger partial charge >= 0.3 is 6.18 Å². The van der Waals surface area contributed by atoms with Gasteiger partial charge in [-0.3, -0.25) is 4.79 Å². The molecule has 1 amide bonds. The summed E-state index contributed by atoms with van der Waals surface area (Å²) >= 11 is 5.97. The van der Waals surface area contributed by atoms with E-state index in [0.29, 0.717) is 38.8 Å². The van der Waals surface area contributed by atoms with Gasteiger partial charge in [0.1, 0.15) is 5.52 Å². The van der Waals surface area contributed by atoms with E-state index in [9.17, 15) is 18.0 Å². The molecule has 152 valence electrons. The minimum absolute atomic E-state index is 0.0518. The fourth-order valence-corrected chi connectivity index (χ4v) is 3.12. The first-order valence-corrected chi connectivity index (χ1v) is 9.28. The van der Waals surface area contributed by atoms with Crippen LogP contribution in [-0.2, 0) is 17.4 Å². The number of amides is 1. The van der Waals surface area contributed by atoms with Gasteiger partial charge in [-0.1, -0.05) is 29.8 Å². The van der Waals surface area contributed by atoms with Gasteiger partial charge in [0.2, 0.25) is 11.8 Å². The molecule has 0 saturated heterocycles. The molecule has 0 unspecified atom stereocenters. The SMILES string of the molecule is O=C(Cc1ccc(C(F)(F)F)cc1)Nc1cccc(-c2nc3cc(Cl)ccc3o2)c1. The fourth-order valence-electron chi connectivity index (χ4n) is 2.96. The molecule has 0 aliphatic rings. The number of carbonyl (C=O) groups excluding carboxylic acids is 1. The smallest absolute Gasteiger partial charge is 0.416 e. The standard InChI is InChI=1S/C22H14ClF3N2O2/c23-16-8-9-19-18(12-16)28-21(30-19)14-2-1-3-17(11-14)27-20(29)10-13-4-6-15(7-5-13)22(24,25)26/h1-9,11-12H,10H2,(H,27,29). The number of aromatic nitrogens is 1. The normalized spacial score (nSPS) is 11.6. The van der Waals surface area contributed by atoms with Crippen molar-refractivity contribution in [2.75, 3.05) is 5.32 Å². The van der Waals surface area contributed by atoms with Crippen LogP contribution in [0.4, 0.5) is 18.9 Å². The maximum absolute atomic E-state index is 12.6. The summed E-state index contributed by atoms with van der Waals surface area (Å²) in [7, 11) is 0. The Balaban J connectivity index is 1.47. The van der Waals surface area contributed by atoms with Gasteiger partial charge in [-0.2, -0.15) is 13.2 Å². The molecule has 0 aliphatic carbocycles. The van der Waals surface area contributed by atoms with E-state index in [-0.39, 0.29) is 12.3 Å². The number of hydrogen-bond donors (Lipinski definition) is 1. The molecule has 0 saturated carbocycles. The van der Waals surface area contributed by atoms with Gasteiger partial charge in [0.05, 0.1) is 12.0 Å². The van der Waals surface area contributed by atoms with Gasteiger partial charge < -0.3 is 9.73 Å². The summed E-state index contributed by atoms with van der Waals surface area (Å²) in [5, 5.41) is 3.28. The molecule has 1 aromatic heterocycles. The Bertz CT molecular complexity index is 1220. The largest absolute Gasteiger partial charge is 0.436 e. The first kappa shape index (κ1) is 20.0. The number of hydrogen-bond acceptors (Lipinski definition) is 3. The summed E-state index contributed by atoms with van der Waals surface area (Å²) in [6.45, 7) is 0. The lowest BCUT2D eigenvalue weighted by Crippen LogP contribution is -2.14. The van der Waals surface area contributed by atoms with Gasteiger partial charge in [-0.25, -0.2) is 4.98 Å². The molecule has 4 rings (SSSR count). The number of oxazole rings is 1. The second kappa shape index (κ2) is 7.84. The van der Waals surface area contributed by atoms with E-state index in [0.717, 1.165) is 12.1 Å². The number of rotatable bonds is 4. The zero-order valence-electron chi connectivity index (χ0n) is 15.3. The second-order valence-electron chi connectivity index (χ2n) is 6.63. The summed E-state index contributed by atoms with van der Waals surface area (Å²) in [6.07, 6.45) is -4.46. The van der Waals surface area contributed by atoms with Crippen LogP contribution in [0.1, 0.15) is 11.1 Å². The number of benzene rings is 3. The van der Waals surface area contributed by atoms with Crippen LogP contribution in [0.5, 0.6) is 0 Å². The van der Waals surface area contributed by atoms with E-state index in [4.69, 9.17) is 16.0 Å². The van der Waals surface area contributed by atoms with Crippen molar-refractivity contribution in [3.05, 3.63) is 82.9 Å². The Morgan fingerprint density at radius 3 is 2.53 bits per heavy atom. The van der Waals surface area contributed by atoms with E-state index in [1.54, 1.807) is 42.5 Å². The molecule has 30 heavy (non-hydrogen) atoms. The highest BCUT2D eigenvalue weighted by Crippen LogP contribution is 2.30. The van der Waals surface area contributed by atoms with E-state index in [2.05, 4.69) is 10.3 Å². The quantitative estimate of drug-likeness (QED) is 0.410. The Hall–Kier alpha value is -3.32. The molecule has 0 spiro atoms. The van der Waals surface area contributed by atoms with Crippen molar-refractivity contribution in [1.29, 1.82) is 0 Å². The van der Waals surface area contributed by atoms with Crippen molar-refractivity contribution in [1.82, 2.24) is 4.98 Å². The Morgan fingerprint density at radius 2 is 1.80 bits per heavy atom. The van der Waals surface area contributed by atoms with Crippen molar-refractivity contribution in [3.8, 4) is 11.5 Å². The number of fused-ring (bicyclic) bond motifs is 1. The molecule has 0 atom stereocenters. The minimum atomic E-state index is -4.41. The molecular weight excluding hydrogens is 417 g/mol. The lowest BCUT2D eigenvalue weighted by Gasteiger charge is -2.09. The first-order chi connectivity index (χ1) is 14.3. The minimum Gasteiger partial charge on any atom is -0.436 e. The highest BCUT2D eigenvalue weighted by molar-refractivity contribution is 6.31. The number of halogens is 4. The molecule has 3 aromatic carbocycles. The Morgan fingerprint density at radius 1 is 1.03 bits per heavy atom. The number of carbonyl (C=O) groups is 1. The van der Waals surface area contributed by atoms with Gasteiger partial charge in [0, 0.05) is 16.3 Å². The Kier molecular flexibility index (Phi) is 5.22. The molecule has 4 nitrogen and oxygen atoms in total. The number of nitrogens with zero attached hydrogens (tertiary/aromatic N) is 1. The monoisotopic (exact) mass is 430 g/mol. The zero-order chi connectivity index (χ0) is 21.3. The maximum Gasteiger partial charge on any atom is 0.416 e. The zero-order valence-corrected chi connectivity index (χ0v) is 16.1. The molecule has 0 aliphatic heterocycles. The second-order valence-corrected chi connectivity index (χ2v) is 7.07. The highest BCUT2D eigenvalue weighted by atomic mass is 35.5. The third kappa shape index (κ3) is 4.46. The number of alkyl halides is 3. The number of anilines is 1. The van der Waals surface area contributed by atoms with Gasteiger partial charge in [-0.15, -0.1) is 0 Å². The van der Waals surface area contributed by atoms with Gasteiger partial charge in [0.15, 0.2) is 5.58 Å². The van der Waals surface area contributed by atoms with Crippen LogP contribution in [0.2, 0.25) is 5.02 Å². The van der Waals surface area contributed by atoms with Crippen molar-refractivity contribution >= 4 is 34.3 Å². The van der Waals surface area contributed by atoms with Crippen LogP contribution in [0, 0.1) is 0 Å². The first-order valence-electron chi connectivity index (χ1n) is 8.90. The topological polar surface area (TPSA) is 55.1 Å². The lowest BCUT2D eigenvalue weighted by molar-refractivity contribution is -0.137. The third-order valence-electron chi connectivity index (χ3n) is 4.39. The highest BCUT2D eigenvalue weighted by Gasteiger charge is 2.29. The van der Waals surface area contributed by atoms with Crippen LogP contribution in [0.15, 0.2) is 71.1 Å². The molecular formula is C22H14ClF3N2O2. The number of nitrogens with one attached hydrogen (secondary N) is 1.